The molecule has 0 atom stereocenters. The van der Waals surface area contributed by atoms with E-state index in [0.29, 0.717) is 25.3 Å². The third-order valence-electron chi connectivity index (χ3n) is 4.01. The number of rotatable bonds is 12. The molecule has 4 amide bonds. The van der Waals surface area contributed by atoms with Crippen LogP contribution in [0.2, 0.25) is 0 Å². The van der Waals surface area contributed by atoms with Crippen molar-refractivity contribution >= 4 is 29.9 Å². The second-order valence-corrected chi connectivity index (χ2v) is 7.87. The van der Waals surface area contributed by atoms with Crippen LogP contribution >= 0.6 is 0 Å². The molecule has 2 N–H and O–H groups in total. The van der Waals surface area contributed by atoms with Crippen molar-refractivity contribution in [2.45, 2.75) is 20.3 Å². The molecule has 31 heavy (non-hydrogen) atoms. The zero-order valence-corrected chi connectivity index (χ0v) is 19.9. The summed E-state index contributed by atoms with van der Waals surface area (Å²) in [4.78, 5) is 60.8. The third-order valence-corrected chi connectivity index (χ3v) is 4.01. The second-order valence-electron chi connectivity index (χ2n) is 7.87. The molecule has 0 aliphatic rings. The molecule has 180 valence electrons. The highest BCUT2D eigenvalue weighted by Crippen LogP contribution is 1.96. The molecule has 0 aromatic heterocycles. The first-order valence-electron chi connectivity index (χ1n) is 10.0. The largest absolute Gasteiger partial charge is 0.387 e. The van der Waals surface area contributed by atoms with E-state index in [4.69, 9.17) is 5.11 Å². The molecule has 0 aromatic rings. The van der Waals surface area contributed by atoms with E-state index in [2.05, 4.69) is 19.2 Å². The van der Waals surface area contributed by atoms with Crippen molar-refractivity contribution in [1.82, 2.24) is 24.9 Å². The Morgan fingerprint density at radius 3 is 1.81 bits per heavy atom. The highest BCUT2D eigenvalue weighted by Gasteiger charge is 2.15. The van der Waals surface area contributed by atoms with Gasteiger partial charge in [0.1, 0.15) is 12.9 Å². The van der Waals surface area contributed by atoms with E-state index in [0.717, 1.165) is 11.3 Å². The number of carbonyl (C=O) groups is 5. The number of amides is 4. The lowest BCUT2D eigenvalue weighted by molar-refractivity contribution is -0.140. The minimum atomic E-state index is -0.624. The summed E-state index contributed by atoms with van der Waals surface area (Å²) in [5.74, 6) is -0.447. The van der Waals surface area contributed by atoms with Crippen molar-refractivity contribution in [2.75, 3.05) is 74.6 Å². The van der Waals surface area contributed by atoms with Crippen molar-refractivity contribution in [3.8, 4) is 0 Å². The molecular weight excluding hydrogens is 406 g/mol. The molecule has 11 heteroatoms. The topological polar surface area (TPSA) is 131 Å². The predicted octanol–water partition coefficient (Wildman–Crippen LogP) is -1.74. The summed E-state index contributed by atoms with van der Waals surface area (Å²) >= 11 is 0. The summed E-state index contributed by atoms with van der Waals surface area (Å²) in [5.41, 5.74) is 0. The Hall–Kier alpha value is -2.53. The molecule has 0 spiro atoms. The first kappa shape index (κ1) is 30.7. The fraction of sp³-hybridized carbons (Fsp3) is 0.750. The monoisotopic (exact) mass is 445 g/mol. The SMILES string of the molecule is CC(C)CCNC(=O)CN(C)C(=O)CN(C)C.CN(CC=O)C(=O)CN(C)C(=O)CO. The van der Waals surface area contributed by atoms with Crippen LogP contribution in [-0.4, -0.2) is 129 Å². The van der Waals surface area contributed by atoms with Gasteiger partial charge in [0, 0.05) is 27.7 Å². The predicted molar refractivity (Wildman–Crippen MR) is 117 cm³/mol. The number of nitrogens with zero attached hydrogens (tertiary/aromatic N) is 4. The van der Waals surface area contributed by atoms with Crippen LogP contribution in [0, 0.1) is 5.92 Å². The van der Waals surface area contributed by atoms with E-state index in [1.165, 1.54) is 23.9 Å². The summed E-state index contributed by atoms with van der Waals surface area (Å²) in [6.07, 6.45) is 1.56. The van der Waals surface area contributed by atoms with Crippen LogP contribution in [0.3, 0.4) is 0 Å². The Morgan fingerprint density at radius 2 is 1.35 bits per heavy atom. The molecule has 0 radical (unpaired) electrons. The van der Waals surface area contributed by atoms with E-state index in [1.807, 2.05) is 14.1 Å². The van der Waals surface area contributed by atoms with Gasteiger partial charge in [-0.15, -0.1) is 0 Å². The molecule has 0 fully saturated rings. The maximum atomic E-state index is 11.6. The smallest absolute Gasteiger partial charge is 0.248 e. The number of likely N-dealkylation sites (N-methyl/N-ethyl adjacent to an activating group) is 4. The highest BCUT2D eigenvalue weighted by molar-refractivity contribution is 5.86. The number of carbonyl (C=O) groups excluding carboxylic acids is 5. The fourth-order valence-corrected chi connectivity index (χ4v) is 2.00. The maximum Gasteiger partial charge on any atom is 0.248 e. The van der Waals surface area contributed by atoms with Gasteiger partial charge in [-0.3, -0.25) is 19.2 Å². The summed E-state index contributed by atoms with van der Waals surface area (Å²) < 4.78 is 0. The summed E-state index contributed by atoms with van der Waals surface area (Å²) in [6.45, 7) is 4.59. The fourth-order valence-electron chi connectivity index (χ4n) is 2.00. The van der Waals surface area contributed by atoms with Crippen molar-refractivity contribution < 1.29 is 29.1 Å². The van der Waals surface area contributed by atoms with Gasteiger partial charge in [0.2, 0.25) is 23.6 Å². The molecule has 0 heterocycles. The van der Waals surface area contributed by atoms with Crippen LogP contribution < -0.4 is 5.32 Å². The Balaban J connectivity index is 0. The normalized spacial score (nSPS) is 10.1. The number of hydrogen-bond donors (Lipinski definition) is 2. The Morgan fingerprint density at radius 1 is 0.839 bits per heavy atom. The maximum absolute atomic E-state index is 11.6. The molecule has 0 bridgehead atoms. The van der Waals surface area contributed by atoms with Crippen LogP contribution in [0.4, 0.5) is 0 Å². The molecule has 0 aliphatic carbocycles. The van der Waals surface area contributed by atoms with Gasteiger partial charge in [0.05, 0.1) is 26.2 Å². The standard InChI is InChI=1S/C12H25N3O2.C8H14N2O4/c1-10(2)6-7-13-11(16)8-15(5)12(17)9-14(3)4;1-9(3-4-11)7(13)5-10(2)8(14)6-12/h10H,6-9H2,1-5H3,(H,13,16);4,12H,3,5-6H2,1-2H3. The zero-order chi connectivity index (χ0) is 24.6. The molecule has 0 aromatic carbocycles. The molecule has 0 saturated heterocycles. The van der Waals surface area contributed by atoms with Gasteiger partial charge >= 0.3 is 0 Å². The Labute approximate surface area is 185 Å². The summed E-state index contributed by atoms with van der Waals surface area (Å²) in [6, 6.07) is 0. The first-order chi connectivity index (χ1) is 14.3. The van der Waals surface area contributed by atoms with Crippen LogP contribution in [0.25, 0.3) is 0 Å². The van der Waals surface area contributed by atoms with Gasteiger partial charge in [-0.1, -0.05) is 13.8 Å². The van der Waals surface area contributed by atoms with Crippen LogP contribution in [0.5, 0.6) is 0 Å². The minimum absolute atomic E-state index is 0.0000111. The third kappa shape index (κ3) is 16.9. The van der Waals surface area contributed by atoms with Crippen LogP contribution in [0.15, 0.2) is 0 Å². The minimum Gasteiger partial charge on any atom is -0.387 e. The van der Waals surface area contributed by atoms with Gasteiger partial charge in [0.25, 0.3) is 0 Å². The van der Waals surface area contributed by atoms with Crippen molar-refractivity contribution in [1.29, 1.82) is 0 Å². The van der Waals surface area contributed by atoms with E-state index in [9.17, 15) is 24.0 Å². The molecule has 0 unspecified atom stereocenters. The Bertz CT molecular complexity index is 582. The first-order valence-corrected chi connectivity index (χ1v) is 10.0. The van der Waals surface area contributed by atoms with Crippen molar-refractivity contribution in [3.63, 3.8) is 0 Å². The van der Waals surface area contributed by atoms with Crippen LogP contribution in [0.1, 0.15) is 20.3 Å². The number of aldehydes is 1. The van der Waals surface area contributed by atoms with Gasteiger partial charge in [-0.25, -0.2) is 0 Å². The molecule has 0 aliphatic heterocycles. The molecule has 11 nitrogen and oxygen atoms in total. The van der Waals surface area contributed by atoms with E-state index < -0.39 is 12.5 Å². The summed E-state index contributed by atoms with van der Waals surface area (Å²) in [5, 5.41) is 11.3. The lowest BCUT2D eigenvalue weighted by Gasteiger charge is -2.19. The zero-order valence-electron chi connectivity index (χ0n) is 19.9. The molecule has 0 saturated carbocycles. The average Bonchev–Trinajstić information content (AvgIpc) is 2.66. The lowest BCUT2D eigenvalue weighted by atomic mass is 10.1. The highest BCUT2D eigenvalue weighted by atomic mass is 16.3. The van der Waals surface area contributed by atoms with Gasteiger partial charge in [-0.2, -0.15) is 0 Å². The van der Waals surface area contributed by atoms with Crippen molar-refractivity contribution in [3.05, 3.63) is 0 Å². The number of aliphatic hydroxyl groups is 1. The van der Waals surface area contributed by atoms with Crippen molar-refractivity contribution in [2.24, 2.45) is 5.92 Å². The quantitative estimate of drug-likeness (QED) is 0.341. The van der Waals surface area contributed by atoms with Crippen LogP contribution in [-0.2, 0) is 24.0 Å². The number of hydrogen-bond acceptors (Lipinski definition) is 7. The van der Waals surface area contributed by atoms with E-state index in [-0.39, 0.29) is 37.4 Å². The van der Waals surface area contributed by atoms with E-state index in [1.54, 1.807) is 11.9 Å². The number of nitrogens with one attached hydrogen (secondary N) is 1. The molecular formula is C20H39N5O6. The van der Waals surface area contributed by atoms with Gasteiger partial charge < -0.3 is 34.8 Å². The Kier molecular flexibility index (Phi) is 17.0. The lowest BCUT2D eigenvalue weighted by Crippen LogP contribution is -2.42. The second kappa shape index (κ2) is 17.2. The molecule has 0 rings (SSSR count). The van der Waals surface area contributed by atoms with Gasteiger partial charge in [0.15, 0.2) is 0 Å². The van der Waals surface area contributed by atoms with E-state index >= 15 is 0 Å². The number of aliphatic hydroxyl groups excluding tert-OH is 1. The summed E-state index contributed by atoms with van der Waals surface area (Å²) in [7, 11) is 8.18. The van der Waals surface area contributed by atoms with Gasteiger partial charge in [-0.05, 0) is 26.4 Å². The average molecular weight is 446 g/mol.